The number of carboxylic acids is 1. The van der Waals surface area contributed by atoms with Crippen LogP contribution in [0, 0.1) is 13.8 Å². The lowest BCUT2D eigenvalue weighted by molar-refractivity contribution is -0.152. The van der Waals surface area contributed by atoms with Gasteiger partial charge in [-0.15, -0.1) is 0 Å². The molecule has 0 saturated carbocycles. The fourth-order valence-corrected chi connectivity index (χ4v) is 4.14. The summed E-state index contributed by atoms with van der Waals surface area (Å²) in [6.07, 6.45) is -1.96. The van der Waals surface area contributed by atoms with Crippen LogP contribution < -0.4 is 14.8 Å². The van der Waals surface area contributed by atoms with Crippen LogP contribution in [-0.4, -0.2) is 36.1 Å². The lowest BCUT2D eigenvalue weighted by Crippen LogP contribution is -2.28. The molecule has 10 heteroatoms. The zero-order valence-electron chi connectivity index (χ0n) is 24.5. The Hall–Kier alpha value is -4.53. The molecular weight excluding hydrogens is 605 g/mol. The lowest BCUT2D eigenvalue weighted by Gasteiger charge is -2.19. The average molecular weight is 639 g/mol. The maximum Gasteiger partial charge on any atom is 0.352 e. The van der Waals surface area contributed by atoms with Gasteiger partial charge in [0.05, 0.1) is 6.54 Å². The SMILES string of the molecule is CC(=O)NCCOC(=O)[C@H](Oc1cccc(C)c1)c1ccc(Cl)cc1.Cc1cccc(O[C@@H](C(=O)O)c2ccc(Cl)cc2)c1. The molecule has 4 rings (SSSR count). The normalized spacial score (nSPS) is 11.7. The molecule has 0 fully saturated rings. The van der Waals surface area contributed by atoms with E-state index in [-0.39, 0.29) is 19.1 Å². The first-order valence-electron chi connectivity index (χ1n) is 13.6. The number of rotatable bonds is 11. The van der Waals surface area contributed by atoms with Crippen molar-refractivity contribution in [3.05, 3.63) is 129 Å². The minimum Gasteiger partial charge on any atom is -0.478 e. The van der Waals surface area contributed by atoms with Crippen molar-refractivity contribution in [3.8, 4) is 11.5 Å². The summed E-state index contributed by atoms with van der Waals surface area (Å²) in [5, 5.41) is 13.0. The van der Waals surface area contributed by atoms with Crippen LogP contribution >= 0.6 is 23.2 Å². The second-order valence-electron chi connectivity index (χ2n) is 9.72. The van der Waals surface area contributed by atoms with E-state index in [1.807, 2.05) is 44.2 Å². The van der Waals surface area contributed by atoms with Gasteiger partial charge in [-0.05, 0) is 73.5 Å². The molecule has 0 saturated heterocycles. The fraction of sp³-hybridized carbons (Fsp3) is 0.206. The summed E-state index contributed by atoms with van der Waals surface area (Å²) in [6, 6.07) is 28.1. The number of carbonyl (C=O) groups is 3. The Balaban J connectivity index is 0.000000249. The number of ether oxygens (including phenoxy) is 3. The lowest BCUT2D eigenvalue weighted by atomic mass is 10.1. The van der Waals surface area contributed by atoms with Gasteiger partial charge in [0.25, 0.3) is 0 Å². The molecule has 4 aromatic rings. The van der Waals surface area contributed by atoms with Crippen LogP contribution in [0.5, 0.6) is 11.5 Å². The number of hydrogen-bond donors (Lipinski definition) is 2. The number of esters is 1. The summed E-state index contributed by atoms with van der Waals surface area (Å²) < 4.78 is 16.6. The molecule has 0 heterocycles. The van der Waals surface area contributed by atoms with Gasteiger partial charge in [0.15, 0.2) is 0 Å². The third-order valence-electron chi connectivity index (χ3n) is 5.99. The second kappa shape index (κ2) is 16.9. The zero-order chi connectivity index (χ0) is 32.1. The smallest absolute Gasteiger partial charge is 0.352 e. The Morgan fingerprint density at radius 2 is 1.18 bits per heavy atom. The van der Waals surface area contributed by atoms with Crippen molar-refractivity contribution in [3.63, 3.8) is 0 Å². The third-order valence-corrected chi connectivity index (χ3v) is 6.50. The van der Waals surface area contributed by atoms with Crippen molar-refractivity contribution >= 4 is 41.0 Å². The molecule has 0 aromatic heterocycles. The van der Waals surface area contributed by atoms with E-state index in [1.165, 1.54) is 6.92 Å². The molecule has 0 spiro atoms. The highest BCUT2D eigenvalue weighted by molar-refractivity contribution is 6.30. The van der Waals surface area contributed by atoms with Gasteiger partial charge >= 0.3 is 11.9 Å². The molecule has 44 heavy (non-hydrogen) atoms. The van der Waals surface area contributed by atoms with E-state index in [1.54, 1.807) is 66.7 Å². The van der Waals surface area contributed by atoms with Crippen molar-refractivity contribution in [2.75, 3.05) is 13.2 Å². The van der Waals surface area contributed by atoms with E-state index >= 15 is 0 Å². The van der Waals surface area contributed by atoms with E-state index in [9.17, 15) is 19.5 Å². The first kappa shape index (κ1) is 34.0. The molecule has 2 atom stereocenters. The molecule has 0 aliphatic carbocycles. The van der Waals surface area contributed by atoms with E-state index in [0.29, 0.717) is 32.7 Å². The van der Waals surface area contributed by atoms with Gasteiger partial charge in [-0.3, -0.25) is 4.79 Å². The van der Waals surface area contributed by atoms with Gasteiger partial charge in [-0.2, -0.15) is 0 Å². The summed E-state index contributed by atoms with van der Waals surface area (Å²) in [4.78, 5) is 34.6. The van der Waals surface area contributed by atoms with Gasteiger partial charge in [-0.1, -0.05) is 71.7 Å². The Kier molecular flexibility index (Phi) is 13.1. The molecule has 4 aromatic carbocycles. The zero-order valence-corrected chi connectivity index (χ0v) is 26.0. The number of nitrogens with one attached hydrogen (secondary N) is 1. The Morgan fingerprint density at radius 3 is 1.61 bits per heavy atom. The van der Waals surface area contributed by atoms with Crippen LogP contribution in [-0.2, 0) is 19.1 Å². The fourth-order valence-electron chi connectivity index (χ4n) is 3.89. The van der Waals surface area contributed by atoms with Gasteiger partial charge in [0.2, 0.25) is 18.1 Å². The predicted octanol–water partition coefficient (Wildman–Crippen LogP) is 7.30. The molecule has 8 nitrogen and oxygen atoms in total. The first-order valence-corrected chi connectivity index (χ1v) is 14.4. The topological polar surface area (TPSA) is 111 Å². The number of amides is 1. The highest BCUT2D eigenvalue weighted by atomic mass is 35.5. The molecular formula is C34H33Cl2NO7. The van der Waals surface area contributed by atoms with Crippen LogP contribution in [0.4, 0.5) is 0 Å². The van der Waals surface area contributed by atoms with E-state index in [2.05, 4.69) is 5.32 Å². The minimum atomic E-state index is -1.04. The number of carbonyl (C=O) groups excluding carboxylic acids is 2. The maximum atomic E-state index is 12.5. The number of hydrogen-bond acceptors (Lipinski definition) is 6. The molecule has 230 valence electrons. The van der Waals surface area contributed by atoms with E-state index in [0.717, 1.165) is 11.1 Å². The summed E-state index contributed by atoms with van der Waals surface area (Å²) in [7, 11) is 0. The molecule has 1 amide bonds. The van der Waals surface area contributed by atoms with E-state index < -0.39 is 24.1 Å². The third kappa shape index (κ3) is 11.3. The molecule has 0 aliphatic heterocycles. The number of benzene rings is 4. The van der Waals surface area contributed by atoms with Crippen molar-refractivity contribution < 1.29 is 33.7 Å². The monoisotopic (exact) mass is 637 g/mol. The summed E-state index contributed by atoms with van der Waals surface area (Å²) in [6.45, 7) is 5.58. The summed E-state index contributed by atoms with van der Waals surface area (Å²) in [5.41, 5.74) is 3.22. The Bertz CT molecular complexity index is 1540. The molecule has 0 radical (unpaired) electrons. The number of halogens is 2. The summed E-state index contributed by atoms with van der Waals surface area (Å²) >= 11 is 11.7. The number of aryl methyl sites for hydroxylation is 2. The number of aliphatic carboxylic acids is 1. The molecule has 0 unspecified atom stereocenters. The van der Waals surface area contributed by atoms with Crippen molar-refractivity contribution in [1.82, 2.24) is 5.32 Å². The van der Waals surface area contributed by atoms with Crippen LogP contribution in [0.2, 0.25) is 10.0 Å². The standard InChI is InChI=1S/C19H20ClNO4.C15H13ClO3/c1-13-4-3-5-17(12-13)25-18(15-6-8-16(20)9-7-15)19(23)24-11-10-21-14(2)22;1-10-3-2-4-13(9-10)19-14(15(17)18)11-5-7-12(16)8-6-11/h3-9,12,18H,10-11H2,1-2H3,(H,21,22);2-9,14H,1H3,(H,17,18)/t18-;14-/m11/s1. The second-order valence-corrected chi connectivity index (χ2v) is 10.6. The highest BCUT2D eigenvalue weighted by Gasteiger charge is 2.25. The minimum absolute atomic E-state index is 0.0691. The molecule has 0 bridgehead atoms. The first-order chi connectivity index (χ1) is 21.0. The maximum absolute atomic E-state index is 12.5. The molecule has 0 aliphatic rings. The summed E-state index contributed by atoms with van der Waals surface area (Å²) in [5.74, 6) is -0.652. The van der Waals surface area contributed by atoms with Crippen molar-refractivity contribution in [2.24, 2.45) is 0 Å². The van der Waals surface area contributed by atoms with Crippen LogP contribution in [0.25, 0.3) is 0 Å². The Labute approximate surface area is 266 Å². The highest BCUT2D eigenvalue weighted by Crippen LogP contribution is 2.26. The van der Waals surface area contributed by atoms with E-state index in [4.69, 9.17) is 37.4 Å². The van der Waals surface area contributed by atoms with Crippen molar-refractivity contribution in [2.45, 2.75) is 33.0 Å². The van der Waals surface area contributed by atoms with Gasteiger partial charge < -0.3 is 24.6 Å². The van der Waals surface area contributed by atoms with Crippen LogP contribution in [0.15, 0.2) is 97.1 Å². The van der Waals surface area contributed by atoms with Gasteiger partial charge in [-0.25, -0.2) is 9.59 Å². The average Bonchev–Trinajstić information content (AvgIpc) is 2.98. The quantitative estimate of drug-likeness (QED) is 0.131. The Morgan fingerprint density at radius 1 is 0.727 bits per heavy atom. The largest absolute Gasteiger partial charge is 0.478 e. The van der Waals surface area contributed by atoms with Crippen molar-refractivity contribution in [1.29, 1.82) is 0 Å². The van der Waals surface area contributed by atoms with Crippen LogP contribution in [0.1, 0.15) is 41.4 Å². The molecule has 2 N–H and O–H groups in total. The van der Waals surface area contributed by atoms with Gasteiger partial charge in [0, 0.05) is 28.1 Å². The predicted molar refractivity (Wildman–Crippen MR) is 169 cm³/mol. The van der Waals surface area contributed by atoms with Crippen LogP contribution in [0.3, 0.4) is 0 Å². The number of carboxylic acid groups (broad SMARTS) is 1. The van der Waals surface area contributed by atoms with Gasteiger partial charge in [0.1, 0.15) is 18.1 Å².